The van der Waals surface area contributed by atoms with E-state index in [0.29, 0.717) is 43.3 Å². The number of aromatic amines is 1. The summed E-state index contributed by atoms with van der Waals surface area (Å²) in [5.41, 5.74) is 3.82. The topological polar surface area (TPSA) is 92.3 Å². The second-order valence-electron chi connectivity index (χ2n) is 13.2. The van der Waals surface area contributed by atoms with Gasteiger partial charge < -0.3 is 14.4 Å². The van der Waals surface area contributed by atoms with E-state index in [-0.39, 0.29) is 29.4 Å². The summed E-state index contributed by atoms with van der Waals surface area (Å²) in [4.78, 5) is 18.8. The van der Waals surface area contributed by atoms with E-state index in [4.69, 9.17) is 24.4 Å². The van der Waals surface area contributed by atoms with Crippen LogP contribution in [-0.4, -0.2) is 87.8 Å². The Labute approximate surface area is 255 Å². The van der Waals surface area contributed by atoms with E-state index in [0.717, 1.165) is 92.2 Å². The molecule has 3 fully saturated rings. The second kappa shape index (κ2) is 11.2. The van der Waals surface area contributed by atoms with Crippen LogP contribution in [0.3, 0.4) is 0 Å². The maximum Gasteiger partial charge on any atom is 0.319 e. The highest BCUT2D eigenvalue weighted by atomic mass is 19.1. The third-order valence-electron chi connectivity index (χ3n) is 10.3. The number of benzene rings is 1. The van der Waals surface area contributed by atoms with E-state index in [1.807, 2.05) is 0 Å². The van der Waals surface area contributed by atoms with Crippen LogP contribution in [0, 0.1) is 18.7 Å². The molecule has 0 spiro atoms. The van der Waals surface area contributed by atoms with Crippen molar-refractivity contribution in [1.29, 1.82) is 0 Å². The summed E-state index contributed by atoms with van der Waals surface area (Å²) in [6.07, 6.45) is 9.65. The molecule has 44 heavy (non-hydrogen) atoms. The largest absolute Gasteiger partial charge is 0.461 e. The molecule has 3 saturated heterocycles. The number of halogens is 2. The van der Waals surface area contributed by atoms with Crippen LogP contribution < -0.4 is 9.64 Å². The summed E-state index contributed by atoms with van der Waals surface area (Å²) in [6.45, 7) is 6.60. The number of rotatable bonds is 3. The summed E-state index contributed by atoms with van der Waals surface area (Å²) in [5, 5.41) is 8.74. The number of hydrogen-bond acceptors (Lipinski definition) is 8. The zero-order chi connectivity index (χ0) is 29.8. The van der Waals surface area contributed by atoms with Crippen LogP contribution in [0.4, 0.5) is 14.6 Å². The van der Waals surface area contributed by atoms with Crippen molar-refractivity contribution < 1.29 is 18.3 Å². The molecule has 3 atom stereocenters. The monoisotopic (exact) mass is 603 g/mol. The summed E-state index contributed by atoms with van der Waals surface area (Å²) >= 11 is 0. The van der Waals surface area contributed by atoms with E-state index in [9.17, 15) is 4.39 Å². The van der Waals surface area contributed by atoms with Gasteiger partial charge in [0.25, 0.3) is 0 Å². The van der Waals surface area contributed by atoms with Gasteiger partial charge in [-0.1, -0.05) is 0 Å². The van der Waals surface area contributed by atoms with Crippen LogP contribution in [0.15, 0.2) is 18.5 Å². The van der Waals surface area contributed by atoms with Crippen molar-refractivity contribution in [2.24, 2.45) is 5.92 Å². The number of alkyl halides is 1. The molecule has 5 aliphatic heterocycles. The van der Waals surface area contributed by atoms with Crippen LogP contribution in [0.2, 0.25) is 0 Å². The predicted molar refractivity (Wildman–Crippen MR) is 164 cm³/mol. The van der Waals surface area contributed by atoms with Gasteiger partial charge >= 0.3 is 6.01 Å². The van der Waals surface area contributed by atoms with Crippen LogP contribution in [0.5, 0.6) is 6.01 Å². The number of nitrogens with one attached hydrogen (secondary N) is 1. The molecule has 0 aliphatic carbocycles. The molecule has 0 saturated carbocycles. The van der Waals surface area contributed by atoms with Crippen molar-refractivity contribution in [1.82, 2.24) is 30.0 Å². The molecule has 9 nitrogen and oxygen atoms in total. The van der Waals surface area contributed by atoms with Gasteiger partial charge in [-0.2, -0.15) is 15.1 Å². The van der Waals surface area contributed by atoms with Crippen LogP contribution in [0.1, 0.15) is 56.1 Å². The number of H-pyrrole nitrogens is 1. The second-order valence-corrected chi connectivity index (χ2v) is 13.2. The van der Waals surface area contributed by atoms with Crippen molar-refractivity contribution in [2.45, 2.75) is 70.0 Å². The zero-order valence-electron chi connectivity index (χ0n) is 25.2. The van der Waals surface area contributed by atoms with Gasteiger partial charge in [-0.15, -0.1) is 0 Å². The molecule has 6 bridgehead atoms. The molecule has 0 amide bonds. The normalized spacial score (nSPS) is 26.1. The highest BCUT2D eigenvalue weighted by molar-refractivity contribution is 5.99. The number of anilines is 1. The SMILES string of the molecule is Cc1cc2[nH]ncc2c2c1CCCCOC[C@@H]1CCCN(C1)c1nc(OC[C@@]34CCCN3C[C@H](F)C4)nc3c(F)c-2ncc13. The highest BCUT2D eigenvalue weighted by Crippen LogP contribution is 2.42. The Morgan fingerprint density at radius 3 is 2.98 bits per heavy atom. The molecule has 232 valence electrons. The average Bonchev–Trinajstić information content (AvgIpc) is 3.72. The van der Waals surface area contributed by atoms with Gasteiger partial charge in [-0.05, 0) is 81.5 Å². The molecule has 11 heteroatoms. The Morgan fingerprint density at radius 1 is 1.11 bits per heavy atom. The predicted octanol–water partition coefficient (Wildman–Crippen LogP) is 5.54. The van der Waals surface area contributed by atoms with E-state index in [2.05, 4.69) is 33.0 Å². The highest BCUT2D eigenvalue weighted by Gasteiger charge is 2.49. The molecule has 9 rings (SSSR count). The molecule has 4 aromatic rings. The van der Waals surface area contributed by atoms with Gasteiger partial charge in [-0.3, -0.25) is 15.0 Å². The number of ether oxygens (including phenoxy) is 2. The number of pyridine rings is 1. The number of piperidine rings is 1. The number of aryl methyl sites for hydroxylation is 1. The Kier molecular flexibility index (Phi) is 7.13. The van der Waals surface area contributed by atoms with Gasteiger partial charge in [0.15, 0.2) is 5.82 Å². The lowest BCUT2D eigenvalue weighted by molar-refractivity contribution is 0.0906. The molecule has 1 N–H and O–H groups in total. The maximum atomic E-state index is 17.0. The Morgan fingerprint density at radius 2 is 2.05 bits per heavy atom. The summed E-state index contributed by atoms with van der Waals surface area (Å²) in [6, 6.07) is 2.20. The summed E-state index contributed by atoms with van der Waals surface area (Å²) in [5.74, 6) is 0.499. The molecule has 0 radical (unpaired) electrons. The molecule has 1 aromatic carbocycles. The quantitative estimate of drug-likeness (QED) is 0.327. The Bertz CT molecular complexity index is 1710. The fourth-order valence-corrected chi connectivity index (χ4v) is 8.16. The lowest BCUT2D eigenvalue weighted by Crippen LogP contribution is -2.43. The van der Waals surface area contributed by atoms with Crippen LogP contribution in [-0.2, 0) is 11.2 Å². The summed E-state index contributed by atoms with van der Waals surface area (Å²) in [7, 11) is 0. The van der Waals surface area contributed by atoms with Gasteiger partial charge in [0, 0.05) is 49.8 Å². The van der Waals surface area contributed by atoms with Crippen molar-refractivity contribution in [2.75, 3.05) is 50.9 Å². The van der Waals surface area contributed by atoms with Gasteiger partial charge in [-0.25, -0.2) is 8.78 Å². The maximum absolute atomic E-state index is 17.0. The minimum atomic E-state index is -0.860. The summed E-state index contributed by atoms with van der Waals surface area (Å²) < 4.78 is 44.0. The molecule has 8 heterocycles. The van der Waals surface area contributed by atoms with Gasteiger partial charge in [0.05, 0.1) is 29.2 Å². The Hall–Kier alpha value is -3.44. The lowest BCUT2D eigenvalue weighted by Gasteiger charge is -2.34. The fraction of sp³-hybridized carbons (Fsp3) is 0.576. The van der Waals surface area contributed by atoms with Crippen LogP contribution >= 0.6 is 0 Å². The molecule has 3 aromatic heterocycles. The minimum Gasteiger partial charge on any atom is -0.461 e. The lowest BCUT2D eigenvalue weighted by atomic mass is 9.91. The third-order valence-corrected chi connectivity index (χ3v) is 10.3. The van der Waals surface area contributed by atoms with Gasteiger partial charge in [0.1, 0.15) is 29.8 Å². The first-order chi connectivity index (χ1) is 21.5. The number of hydrogen-bond donors (Lipinski definition) is 1. The first kappa shape index (κ1) is 28.1. The minimum absolute atomic E-state index is 0.129. The van der Waals surface area contributed by atoms with Gasteiger partial charge in [0.2, 0.25) is 0 Å². The van der Waals surface area contributed by atoms with E-state index < -0.39 is 12.0 Å². The zero-order valence-corrected chi connectivity index (χ0v) is 25.2. The molecule has 0 unspecified atom stereocenters. The average molecular weight is 604 g/mol. The fourth-order valence-electron chi connectivity index (χ4n) is 8.16. The Balaban J connectivity index is 1.28. The smallest absolute Gasteiger partial charge is 0.319 e. The number of nitrogens with zero attached hydrogens (tertiary/aromatic N) is 6. The van der Waals surface area contributed by atoms with Crippen molar-refractivity contribution in [3.8, 4) is 17.3 Å². The van der Waals surface area contributed by atoms with Crippen molar-refractivity contribution >= 4 is 27.6 Å². The van der Waals surface area contributed by atoms with E-state index in [1.165, 1.54) is 0 Å². The first-order valence-electron chi connectivity index (χ1n) is 16.2. The van der Waals surface area contributed by atoms with Crippen molar-refractivity contribution in [3.63, 3.8) is 0 Å². The molecular formula is C33H39F2N7O2. The molecular weight excluding hydrogens is 564 g/mol. The first-order valence-corrected chi connectivity index (χ1v) is 16.2. The van der Waals surface area contributed by atoms with Crippen LogP contribution in [0.25, 0.3) is 33.1 Å². The molecule has 5 aliphatic rings. The number of fused-ring (bicyclic) bond motifs is 8. The standard InChI is InChI=1S/C33H39F2N7O2/c1-20-12-26-24(15-37-40-26)27-23(20)7-2-3-11-43-18-21-6-4-9-41(16-21)31-25-14-36-30(27)28(35)29(25)38-32(39-31)44-19-33-8-5-10-42(33)17-22(34)13-33/h12,14-15,21-22H,2-11,13,16-19H2,1H3,(H,37,40)/t21-,22-,33+/m1/s1. The number of aromatic nitrogens is 5. The van der Waals surface area contributed by atoms with Crippen molar-refractivity contribution in [3.05, 3.63) is 35.4 Å². The van der Waals surface area contributed by atoms with E-state index in [1.54, 1.807) is 12.4 Å². The third kappa shape index (κ3) is 4.79. The van der Waals surface area contributed by atoms with E-state index >= 15 is 4.39 Å².